The number of fused-ring (bicyclic) bond motifs is 5. The number of amides is 1. The zero-order valence-electron chi connectivity index (χ0n) is 19.7. The Kier molecular flexibility index (Phi) is 5.78. The van der Waals surface area contributed by atoms with Gasteiger partial charge in [0.15, 0.2) is 5.84 Å². The van der Waals surface area contributed by atoms with Crippen molar-refractivity contribution in [2.75, 3.05) is 5.34 Å². The Morgan fingerprint density at radius 3 is 1.73 bits per heavy atom. The van der Waals surface area contributed by atoms with Gasteiger partial charge in [0.1, 0.15) is 0 Å². The van der Waals surface area contributed by atoms with E-state index in [1.54, 1.807) is 0 Å². The van der Waals surface area contributed by atoms with E-state index < -0.39 is 6.42 Å². The predicted molar refractivity (Wildman–Crippen MR) is 151 cm³/mol. The Hall–Kier alpha value is -4.00. The number of carbonyl (C=O) groups excluding carboxylic acids is 1. The van der Waals surface area contributed by atoms with E-state index in [0.717, 1.165) is 27.6 Å². The lowest BCUT2D eigenvalue weighted by Crippen LogP contribution is -2.80. The maximum absolute atomic E-state index is 14.1. The number of amidine groups is 3. The van der Waals surface area contributed by atoms with Crippen molar-refractivity contribution in [2.45, 2.75) is 0 Å². The van der Waals surface area contributed by atoms with E-state index in [1.165, 1.54) is 0 Å². The molecule has 0 aliphatic carbocycles. The van der Waals surface area contributed by atoms with Gasteiger partial charge in [-0.1, -0.05) is 89.9 Å². The minimum atomic E-state index is -2.09. The fourth-order valence-corrected chi connectivity index (χ4v) is 5.86. The molecular formula is C29H21BCl2N4O. The molecule has 5 nitrogen and oxygen atoms in total. The molecule has 3 heterocycles. The Morgan fingerprint density at radius 2 is 1.16 bits per heavy atom. The van der Waals surface area contributed by atoms with Crippen molar-refractivity contribution in [3.05, 3.63) is 131 Å². The van der Waals surface area contributed by atoms with Crippen molar-refractivity contribution in [3.8, 4) is 0 Å². The average Bonchev–Trinajstić information content (AvgIpc) is 3.41. The lowest BCUT2D eigenvalue weighted by molar-refractivity contribution is -0.261. The first kappa shape index (κ1) is 23.4. The molecular weight excluding hydrogens is 502 g/mol. The van der Waals surface area contributed by atoms with Gasteiger partial charge in [0, 0.05) is 11.1 Å². The molecule has 4 aromatic carbocycles. The first-order chi connectivity index (χ1) is 18.1. The van der Waals surface area contributed by atoms with E-state index in [2.05, 4.69) is 24.3 Å². The van der Waals surface area contributed by atoms with E-state index >= 15 is 0 Å². The fourth-order valence-electron chi connectivity index (χ4n) is 5.86. The molecule has 3 aliphatic rings. The van der Waals surface area contributed by atoms with Crippen molar-refractivity contribution < 1.29 is 9.28 Å². The number of hydrogen-bond acceptors (Lipinski definition) is 3. The van der Waals surface area contributed by atoms with Gasteiger partial charge in [0.2, 0.25) is 17.6 Å². The van der Waals surface area contributed by atoms with Crippen LogP contribution in [0.5, 0.6) is 0 Å². The van der Waals surface area contributed by atoms with Crippen LogP contribution < -0.4 is 10.9 Å². The van der Waals surface area contributed by atoms with Gasteiger partial charge in [-0.15, -0.1) is 34.1 Å². The standard InChI is InChI=1S/C28H19BN4O.CH2Cl2/c30-25-21-15-7-8-16-22(21)26-31-27-23-17-9-10-18-24(23)28(34)33(27)29(32(25)26,19-11-3-1-4-12-19)20-13-5-2-6-14-20;2-1-3/h1-18,30H;1H2. The molecule has 0 fully saturated rings. The summed E-state index contributed by atoms with van der Waals surface area (Å²) in [5.74, 6) is 1.61. The van der Waals surface area contributed by atoms with Gasteiger partial charge in [-0.05, 0) is 24.3 Å². The van der Waals surface area contributed by atoms with Crippen LogP contribution in [-0.2, 0) is 0 Å². The van der Waals surface area contributed by atoms with Crippen molar-refractivity contribution in [2.24, 2.45) is 4.99 Å². The summed E-state index contributed by atoms with van der Waals surface area (Å²) in [7, 11) is 0. The summed E-state index contributed by atoms with van der Waals surface area (Å²) >= 11 is 9.53. The third-order valence-electron chi connectivity index (χ3n) is 7.23. The monoisotopic (exact) mass is 522 g/mol. The van der Waals surface area contributed by atoms with Gasteiger partial charge in [0.05, 0.1) is 16.5 Å². The molecule has 8 heteroatoms. The van der Waals surface area contributed by atoms with Crippen LogP contribution in [0.2, 0.25) is 0 Å². The van der Waals surface area contributed by atoms with Crippen LogP contribution in [0.1, 0.15) is 27.0 Å². The molecule has 0 bridgehead atoms. The Morgan fingerprint density at radius 1 is 0.703 bits per heavy atom. The van der Waals surface area contributed by atoms with E-state index in [4.69, 9.17) is 28.2 Å². The lowest BCUT2D eigenvalue weighted by atomic mass is 9.34. The molecule has 7 rings (SSSR count). The molecule has 0 radical (unpaired) electrons. The highest BCUT2D eigenvalue weighted by Crippen LogP contribution is 2.35. The van der Waals surface area contributed by atoms with Gasteiger partial charge in [-0.25, -0.2) is 0 Å². The molecule has 1 N–H and O–H groups in total. The summed E-state index contributed by atoms with van der Waals surface area (Å²) in [5, 5.41) is 9.50. The van der Waals surface area contributed by atoms with Gasteiger partial charge in [-0.2, -0.15) is 5.41 Å². The van der Waals surface area contributed by atoms with Gasteiger partial charge in [-0.3, -0.25) is 4.79 Å². The maximum atomic E-state index is 14.1. The number of rotatable bonds is 2. The summed E-state index contributed by atoms with van der Waals surface area (Å²) in [6, 6.07) is 35.7. The number of alkyl halides is 2. The van der Waals surface area contributed by atoms with Crippen LogP contribution in [-0.4, -0.2) is 44.5 Å². The minimum absolute atomic E-state index is 0.0927. The molecule has 4 aromatic rings. The van der Waals surface area contributed by atoms with Crippen LogP contribution in [0.3, 0.4) is 0 Å². The van der Waals surface area contributed by atoms with Gasteiger partial charge in [0.25, 0.3) is 0 Å². The smallest absolute Gasteiger partial charge is 0.320 e. The first-order valence-corrected chi connectivity index (χ1v) is 13.0. The third kappa shape index (κ3) is 3.26. The minimum Gasteiger partial charge on any atom is -0.412 e. The van der Waals surface area contributed by atoms with Crippen LogP contribution in [0.25, 0.3) is 0 Å². The van der Waals surface area contributed by atoms with Crippen molar-refractivity contribution in [1.29, 1.82) is 5.41 Å². The maximum Gasteiger partial charge on any atom is 0.320 e. The SMILES string of the molecule is ClCCl.N=C1c2ccccc2C2=[N+]1[B-](c1ccccc1)(c1ccccc1)N1C(=O)c3ccccc3C1=N2. The molecule has 37 heavy (non-hydrogen) atoms. The highest BCUT2D eigenvalue weighted by molar-refractivity contribution is 6.99. The van der Waals surface area contributed by atoms with Crippen LogP contribution >= 0.6 is 23.2 Å². The summed E-state index contributed by atoms with van der Waals surface area (Å²) in [4.78, 5) is 21.0. The highest BCUT2D eigenvalue weighted by atomic mass is 35.5. The molecule has 0 saturated carbocycles. The lowest BCUT2D eigenvalue weighted by Gasteiger charge is -2.50. The van der Waals surface area contributed by atoms with Gasteiger partial charge < -0.3 is 9.30 Å². The second-order valence-electron chi connectivity index (χ2n) is 8.94. The molecule has 1 amide bonds. The van der Waals surface area contributed by atoms with E-state index in [-0.39, 0.29) is 11.2 Å². The van der Waals surface area contributed by atoms with Crippen molar-refractivity contribution >= 4 is 64.0 Å². The number of nitrogens with one attached hydrogen (secondary N) is 1. The fraction of sp³-hybridized carbons (Fsp3) is 0.0345. The number of carbonyl (C=O) groups is 1. The third-order valence-corrected chi connectivity index (χ3v) is 7.23. The molecule has 0 unspecified atom stereocenters. The Bertz CT molecular complexity index is 1580. The molecule has 0 aromatic heterocycles. The number of benzene rings is 4. The zero-order chi connectivity index (χ0) is 25.6. The summed E-state index contributed by atoms with van der Waals surface area (Å²) in [6.45, 7) is 0. The van der Waals surface area contributed by atoms with Crippen molar-refractivity contribution in [1.82, 2.24) is 4.81 Å². The van der Waals surface area contributed by atoms with Gasteiger partial charge >= 0.3 is 6.42 Å². The molecule has 0 saturated heterocycles. The normalized spacial score (nSPS) is 16.3. The topological polar surface area (TPSA) is 59.5 Å². The first-order valence-electron chi connectivity index (χ1n) is 11.9. The number of nitrogens with zero attached hydrogens (tertiary/aromatic N) is 3. The second-order valence-corrected chi connectivity index (χ2v) is 9.75. The number of halogens is 2. The quantitative estimate of drug-likeness (QED) is 0.308. The average molecular weight is 523 g/mol. The molecule has 3 aliphatic heterocycles. The number of hydrogen-bond donors (Lipinski definition) is 1. The molecule has 0 atom stereocenters. The zero-order valence-corrected chi connectivity index (χ0v) is 21.2. The van der Waals surface area contributed by atoms with E-state index in [0.29, 0.717) is 23.1 Å². The predicted octanol–water partition coefficient (Wildman–Crippen LogP) is 4.38. The van der Waals surface area contributed by atoms with Crippen LogP contribution in [0.4, 0.5) is 0 Å². The molecule has 180 valence electrons. The highest BCUT2D eigenvalue weighted by Gasteiger charge is 2.57. The molecule has 0 spiro atoms. The van der Waals surface area contributed by atoms with Crippen LogP contribution in [0, 0.1) is 5.41 Å². The van der Waals surface area contributed by atoms with E-state index in [9.17, 15) is 10.2 Å². The summed E-state index contributed by atoms with van der Waals surface area (Å²) in [6.07, 6.45) is -2.09. The largest absolute Gasteiger partial charge is 0.412 e. The van der Waals surface area contributed by atoms with Crippen molar-refractivity contribution in [3.63, 3.8) is 0 Å². The number of aliphatic imine (C=N–C) groups is 1. The van der Waals surface area contributed by atoms with E-state index in [1.807, 2.05) is 94.2 Å². The summed E-state index contributed by atoms with van der Waals surface area (Å²) < 4.78 is 1.99. The Labute approximate surface area is 224 Å². The summed E-state index contributed by atoms with van der Waals surface area (Å²) in [5.41, 5.74) is 5.11. The van der Waals surface area contributed by atoms with Crippen LogP contribution in [0.15, 0.2) is 114 Å². The second kappa shape index (κ2) is 9.14. The Balaban J connectivity index is 0.000000804.